The number of anilines is 1. The quantitative estimate of drug-likeness (QED) is 0.304. The van der Waals surface area contributed by atoms with E-state index in [1.807, 2.05) is 53.4 Å². The van der Waals surface area contributed by atoms with Crippen molar-refractivity contribution in [2.24, 2.45) is 0 Å². The average Bonchev–Trinajstić information content (AvgIpc) is 3.49. The molecule has 4 rings (SSSR count). The number of aromatic amines is 1. The van der Waals surface area contributed by atoms with Crippen LogP contribution >= 0.6 is 0 Å². The highest BCUT2D eigenvalue weighted by atomic mass is 16.6. The molecule has 1 N–H and O–H groups in total. The monoisotopic (exact) mass is 501 g/mol. The SMILES string of the molecule is CCCCN(Cc1ccc(-c2ccccc2-c2nn[nH]n2)cc1)c1ncncc1C(=O)OCC(=O)OC. The van der Waals surface area contributed by atoms with Crippen molar-refractivity contribution in [1.29, 1.82) is 0 Å². The molecule has 0 aliphatic rings. The van der Waals surface area contributed by atoms with Crippen LogP contribution < -0.4 is 4.90 Å². The van der Waals surface area contributed by atoms with Crippen LogP contribution in [-0.4, -0.2) is 62.8 Å². The molecule has 0 aliphatic carbocycles. The zero-order chi connectivity index (χ0) is 26.0. The predicted molar refractivity (Wildman–Crippen MR) is 135 cm³/mol. The van der Waals surface area contributed by atoms with Gasteiger partial charge in [0.25, 0.3) is 0 Å². The largest absolute Gasteiger partial charge is 0.466 e. The van der Waals surface area contributed by atoms with Crippen LogP contribution in [0, 0.1) is 0 Å². The molecule has 0 amide bonds. The van der Waals surface area contributed by atoms with Gasteiger partial charge in [0.15, 0.2) is 6.61 Å². The van der Waals surface area contributed by atoms with Crippen LogP contribution in [0.3, 0.4) is 0 Å². The third-order valence-corrected chi connectivity index (χ3v) is 5.69. The number of H-pyrrole nitrogens is 1. The maximum Gasteiger partial charge on any atom is 0.344 e. The van der Waals surface area contributed by atoms with E-state index in [0.717, 1.165) is 35.1 Å². The Kier molecular flexibility index (Phi) is 8.48. The van der Waals surface area contributed by atoms with Gasteiger partial charge in [0.1, 0.15) is 17.7 Å². The van der Waals surface area contributed by atoms with Gasteiger partial charge in [0, 0.05) is 24.8 Å². The number of aromatic nitrogens is 6. The number of ether oxygens (including phenoxy) is 2. The summed E-state index contributed by atoms with van der Waals surface area (Å²) in [7, 11) is 1.23. The number of carbonyl (C=O) groups is 2. The minimum Gasteiger partial charge on any atom is -0.466 e. The normalized spacial score (nSPS) is 10.6. The topological polar surface area (TPSA) is 136 Å². The molecule has 0 radical (unpaired) electrons. The van der Waals surface area contributed by atoms with E-state index < -0.39 is 18.5 Å². The van der Waals surface area contributed by atoms with E-state index in [1.54, 1.807) is 0 Å². The number of hydrogen-bond acceptors (Lipinski definition) is 10. The number of hydrogen-bond donors (Lipinski definition) is 1. The van der Waals surface area contributed by atoms with E-state index in [1.165, 1.54) is 19.6 Å². The Morgan fingerprint density at radius 2 is 1.84 bits per heavy atom. The summed E-state index contributed by atoms with van der Waals surface area (Å²) in [6.45, 7) is 2.80. The van der Waals surface area contributed by atoms with Gasteiger partial charge in [-0.25, -0.2) is 19.6 Å². The molecule has 0 fully saturated rings. The molecule has 2 aromatic heterocycles. The smallest absolute Gasteiger partial charge is 0.344 e. The van der Waals surface area contributed by atoms with Crippen molar-refractivity contribution >= 4 is 17.8 Å². The number of benzene rings is 2. The maximum absolute atomic E-state index is 12.7. The van der Waals surface area contributed by atoms with Crippen LogP contribution in [-0.2, 0) is 20.8 Å². The highest BCUT2D eigenvalue weighted by Gasteiger charge is 2.21. The third kappa shape index (κ3) is 6.31. The summed E-state index contributed by atoms with van der Waals surface area (Å²) in [5, 5.41) is 14.4. The van der Waals surface area contributed by atoms with E-state index >= 15 is 0 Å². The molecule has 11 nitrogen and oxygen atoms in total. The summed E-state index contributed by atoms with van der Waals surface area (Å²) < 4.78 is 9.64. The molecule has 0 spiro atoms. The zero-order valence-electron chi connectivity index (χ0n) is 20.6. The van der Waals surface area contributed by atoms with Crippen LogP contribution in [0.1, 0.15) is 35.7 Å². The van der Waals surface area contributed by atoms with Gasteiger partial charge in [-0.05, 0) is 28.3 Å². The maximum atomic E-state index is 12.7. The average molecular weight is 502 g/mol. The van der Waals surface area contributed by atoms with Crippen molar-refractivity contribution < 1.29 is 19.1 Å². The Morgan fingerprint density at radius 3 is 2.54 bits per heavy atom. The molecule has 0 atom stereocenters. The van der Waals surface area contributed by atoms with Crippen molar-refractivity contribution in [3.63, 3.8) is 0 Å². The number of nitrogens with zero attached hydrogens (tertiary/aromatic N) is 6. The van der Waals surface area contributed by atoms with E-state index in [4.69, 9.17) is 4.74 Å². The predicted octanol–water partition coefficient (Wildman–Crippen LogP) is 3.46. The van der Waals surface area contributed by atoms with E-state index in [0.29, 0.717) is 24.7 Å². The molecule has 11 heteroatoms. The molecular weight excluding hydrogens is 474 g/mol. The Bertz CT molecular complexity index is 1330. The fraction of sp³-hybridized carbons (Fsp3) is 0.269. The number of nitrogens with one attached hydrogen (secondary N) is 1. The van der Waals surface area contributed by atoms with Crippen molar-refractivity contribution in [3.8, 4) is 22.5 Å². The van der Waals surface area contributed by atoms with Crippen LogP contribution in [0.5, 0.6) is 0 Å². The highest BCUT2D eigenvalue weighted by Crippen LogP contribution is 2.30. The highest BCUT2D eigenvalue weighted by molar-refractivity contribution is 5.95. The number of rotatable bonds is 11. The Hall–Kier alpha value is -4.67. The van der Waals surface area contributed by atoms with Crippen LogP contribution in [0.2, 0.25) is 0 Å². The van der Waals surface area contributed by atoms with Crippen molar-refractivity contribution in [2.75, 3.05) is 25.2 Å². The summed E-state index contributed by atoms with van der Waals surface area (Å²) >= 11 is 0. The molecule has 0 bridgehead atoms. The number of esters is 2. The van der Waals surface area contributed by atoms with Gasteiger partial charge < -0.3 is 14.4 Å². The minimum atomic E-state index is -0.684. The van der Waals surface area contributed by atoms with Gasteiger partial charge in [-0.15, -0.1) is 10.2 Å². The minimum absolute atomic E-state index is 0.188. The first kappa shape index (κ1) is 25.4. The molecular formula is C26H27N7O4. The first-order valence-electron chi connectivity index (χ1n) is 11.8. The number of tetrazole rings is 1. The fourth-order valence-corrected chi connectivity index (χ4v) is 3.80. The van der Waals surface area contributed by atoms with Gasteiger partial charge in [-0.2, -0.15) is 5.21 Å². The fourth-order valence-electron chi connectivity index (χ4n) is 3.80. The second-order valence-electron chi connectivity index (χ2n) is 8.17. The Labute approximate surface area is 213 Å². The molecule has 0 saturated heterocycles. The number of methoxy groups -OCH3 is 1. The van der Waals surface area contributed by atoms with Gasteiger partial charge in [-0.3, -0.25) is 0 Å². The lowest BCUT2D eigenvalue weighted by molar-refractivity contribution is -0.144. The van der Waals surface area contributed by atoms with Gasteiger partial charge in [0.2, 0.25) is 5.82 Å². The Balaban J connectivity index is 1.57. The summed E-state index contributed by atoms with van der Waals surface area (Å²) in [5.41, 5.74) is 4.10. The van der Waals surface area contributed by atoms with Crippen molar-refractivity contribution in [3.05, 3.63) is 72.2 Å². The lowest BCUT2D eigenvalue weighted by Crippen LogP contribution is -2.28. The third-order valence-electron chi connectivity index (χ3n) is 5.69. The van der Waals surface area contributed by atoms with Gasteiger partial charge in [-0.1, -0.05) is 61.9 Å². The molecule has 4 aromatic rings. The molecule has 0 aliphatic heterocycles. The molecule has 190 valence electrons. The zero-order valence-corrected chi connectivity index (χ0v) is 20.6. The first-order valence-corrected chi connectivity index (χ1v) is 11.8. The van der Waals surface area contributed by atoms with Crippen LogP contribution in [0.4, 0.5) is 5.82 Å². The van der Waals surface area contributed by atoms with Gasteiger partial charge in [0.05, 0.1) is 7.11 Å². The molecule has 0 unspecified atom stereocenters. The van der Waals surface area contributed by atoms with Crippen molar-refractivity contribution in [1.82, 2.24) is 30.6 Å². The second-order valence-corrected chi connectivity index (χ2v) is 8.17. The van der Waals surface area contributed by atoms with Crippen LogP contribution in [0.25, 0.3) is 22.5 Å². The molecule has 2 aromatic carbocycles. The van der Waals surface area contributed by atoms with E-state index in [9.17, 15) is 9.59 Å². The van der Waals surface area contributed by atoms with Crippen molar-refractivity contribution in [2.45, 2.75) is 26.3 Å². The summed E-state index contributed by atoms with van der Waals surface area (Å²) in [6.07, 6.45) is 4.66. The summed E-state index contributed by atoms with van der Waals surface area (Å²) in [6, 6.07) is 16.0. The lowest BCUT2D eigenvalue weighted by Gasteiger charge is -2.25. The molecule has 37 heavy (non-hydrogen) atoms. The summed E-state index contributed by atoms with van der Waals surface area (Å²) in [4.78, 5) is 34.5. The van der Waals surface area contributed by atoms with E-state index in [-0.39, 0.29) is 5.56 Å². The van der Waals surface area contributed by atoms with Crippen LogP contribution in [0.15, 0.2) is 61.1 Å². The molecule has 0 saturated carbocycles. The first-order chi connectivity index (χ1) is 18.1. The Morgan fingerprint density at radius 1 is 1.05 bits per heavy atom. The van der Waals surface area contributed by atoms with E-state index in [2.05, 4.69) is 42.3 Å². The second kappa shape index (κ2) is 12.3. The summed E-state index contributed by atoms with van der Waals surface area (Å²) in [5.74, 6) is -0.350. The molecule has 2 heterocycles. The lowest BCUT2D eigenvalue weighted by atomic mass is 9.98. The number of unbranched alkanes of at least 4 members (excludes halogenated alkanes) is 1. The number of carbonyl (C=O) groups excluding carboxylic acids is 2. The van der Waals surface area contributed by atoms with Gasteiger partial charge >= 0.3 is 11.9 Å². The standard InChI is InChI=1S/C26H27N7O4/c1-3-4-13-33(25-22(14-27-17-28-25)26(35)37-16-23(34)36-2)15-18-9-11-19(12-10-18)20-7-5-6-8-21(20)24-29-31-32-30-24/h5-12,14,17H,3-4,13,15-16H2,1-2H3,(H,29,30,31,32).